The molecule has 9 nitrogen and oxygen atoms in total. The molecule has 33 heavy (non-hydrogen) atoms. The fourth-order valence-corrected chi connectivity index (χ4v) is 5.14. The highest BCUT2D eigenvalue weighted by Crippen LogP contribution is 2.27. The molecule has 4 rings (SSSR count). The lowest BCUT2D eigenvalue weighted by molar-refractivity contribution is 0.581. The van der Waals surface area contributed by atoms with E-state index in [4.69, 9.17) is 11.6 Å². The Labute approximate surface area is 196 Å². The molecular formula is C21H18ClN5O4S2. The molecule has 0 saturated carbocycles. The highest BCUT2D eigenvalue weighted by Gasteiger charge is 2.28. The highest BCUT2D eigenvalue weighted by atomic mass is 35.5. The molecular weight excluding hydrogens is 486 g/mol. The van der Waals surface area contributed by atoms with E-state index in [0.717, 1.165) is 9.10 Å². The van der Waals surface area contributed by atoms with Crippen LogP contribution in [0.2, 0.25) is 5.02 Å². The topological polar surface area (TPSA) is 114 Å². The number of anilines is 1. The molecule has 0 atom stereocenters. The molecule has 2 aromatic carbocycles. The lowest BCUT2D eigenvalue weighted by Crippen LogP contribution is -2.29. The summed E-state index contributed by atoms with van der Waals surface area (Å²) < 4.78 is 53.2. The van der Waals surface area contributed by atoms with Crippen LogP contribution in [-0.2, 0) is 20.0 Å². The van der Waals surface area contributed by atoms with Crippen molar-refractivity contribution in [3.8, 4) is 11.3 Å². The molecule has 2 aromatic heterocycles. The van der Waals surface area contributed by atoms with Gasteiger partial charge in [-0.25, -0.2) is 4.98 Å². The third kappa shape index (κ3) is 4.70. The zero-order valence-corrected chi connectivity index (χ0v) is 19.6. The Morgan fingerprint density at radius 1 is 0.909 bits per heavy atom. The van der Waals surface area contributed by atoms with Gasteiger partial charge in [0.25, 0.3) is 20.0 Å². The predicted octanol–water partition coefficient (Wildman–Crippen LogP) is 3.36. The maximum Gasteiger partial charge on any atom is 0.284 e. The molecule has 4 aromatic rings. The summed E-state index contributed by atoms with van der Waals surface area (Å²) in [5, 5.41) is 4.18. The van der Waals surface area contributed by atoms with Gasteiger partial charge in [-0.2, -0.15) is 26.5 Å². The number of aromatic nitrogens is 3. The number of rotatable bonds is 7. The summed E-state index contributed by atoms with van der Waals surface area (Å²) in [6.45, 7) is 0. The Morgan fingerprint density at radius 2 is 1.58 bits per heavy atom. The number of nitrogens with one attached hydrogen (secondary N) is 1. The molecule has 170 valence electrons. The number of nitrogens with zero attached hydrogens (tertiary/aromatic N) is 4. The minimum absolute atomic E-state index is 0.00225. The van der Waals surface area contributed by atoms with Gasteiger partial charge in [-0.15, -0.1) is 5.10 Å². The Morgan fingerprint density at radius 3 is 2.21 bits per heavy atom. The minimum atomic E-state index is -4.15. The Hall–Kier alpha value is -3.41. The van der Waals surface area contributed by atoms with Gasteiger partial charge < -0.3 is 0 Å². The first-order valence-corrected chi connectivity index (χ1v) is 12.8. The van der Waals surface area contributed by atoms with Gasteiger partial charge in [0.2, 0.25) is 5.03 Å². The number of sulfonamides is 2. The molecule has 1 N–H and O–H groups in total. The number of hydrogen-bond donors (Lipinski definition) is 1. The number of benzene rings is 2. The number of pyridine rings is 1. The molecule has 0 bridgehead atoms. The fraction of sp³-hybridized carbons (Fsp3) is 0.0476. The van der Waals surface area contributed by atoms with Crippen molar-refractivity contribution in [2.24, 2.45) is 0 Å². The van der Waals surface area contributed by atoms with Crippen LogP contribution in [0, 0.1) is 0 Å². The van der Waals surface area contributed by atoms with Crippen molar-refractivity contribution in [3.63, 3.8) is 0 Å². The van der Waals surface area contributed by atoms with E-state index in [0.29, 0.717) is 10.6 Å². The van der Waals surface area contributed by atoms with E-state index in [1.807, 2.05) is 0 Å². The first-order chi connectivity index (χ1) is 15.7. The summed E-state index contributed by atoms with van der Waals surface area (Å²) >= 11 is 5.97. The summed E-state index contributed by atoms with van der Waals surface area (Å²) in [5.74, 6) is 0.185. The molecule has 0 spiro atoms. The van der Waals surface area contributed by atoms with Crippen molar-refractivity contribution in [1.82, 2.24) is 14.9 Å². The van der Waals surface area contributed by atoms with Crippen molar-refractivity contribution in [3.05, 3.63) is 90.1 Å². The van der Waals surface area contributed by atoms with E-state index in [9.17, 15) is 16.8 Å². The number of halogens is 1. The van der Waals surface area contributed by atoms with Crippen molar-refractivity contribution in [2.45, 2.75) is 9.92 Å². The first kappa shape index (κ1) is 22.8. The molecule has 0 radical (unpaired) electrons. The van der Waals surface area contributed by atoms with Gasteiger partial charge in [-0.05, 0) is 36.4 Å². The molecule has 0 unspecified atom stereocenters. The molecule has 0 aliphatic carbocycles. The van der Waals surface area contributed by atoms with E-state index in [1.165, 1.54) is 37.5 Å². The zero-order chi connectivity index (χ0) is 23.6. The van der Waals surface area contributed by atoms with Crippen LogP contribution in [0.15, 0.2) is 95.0 Å². The maximum atomic E-state index is 13.2. The summed E-state index contributed by atoms with van der Waals surface area (Å²) in [4.78, 5) is 7.31. The standard InChI is InChI=1S/C21H18ClN5O4S2/c1-26(20-9-5-6-14-23-20)33(30,31)21-15-19(16-10-12-17(22)13-11-16)27(24-21)25-32(28,29)18-7-3-2-4-8-18/h2-15,25H,1H3. The lowest BCUT2D eigenvalue weighted by Gasteiger charge is -2.16. The van der Waals surface area contributed by atoms with Crippen LogP contribution in [0.4, 0.5) is 5.82 Å². The van der Waals surface area contributed by atoms with Gasteiger partial charge in [0, 0.05) is 29.9 Å². The van der Waals surface area contributed by atoms with E-state index in [2.05, 4.69) is 14.9 Å². The van der Waals surface area contributed by atoms with Gasteiger partial charge in [-0.1, -0.05) is 48.0 Å². The second-order valence-electron chi connectivity index (χ2n) is 6.85. The second-order valence-corrected chi connectivity index (χ2v) is 10.9. The minimum Gasteiger partial charge on any atom is -0.252 e. The smallest absolute Gasteiger partial charge is 0.252 e. The van der Waals surface area contributed by atoms with Gasteiger partial charge in [0.1, 0.15) is 5.82 Å². The second kappa shape index (κ2) is 8.85. The summed E-state index contributed by atoms with van der Waals surface area (Å²) in [7, 11) is -6.86. The summed E-state index contributed by atoms with van der Waals surface area (Å²) in [6.07, 6.45) is 1.47. The monoisotopic (exact) mass is 503 g/mol. The predicted molar refractivity (Wildman–Crippen MR) is 125 cm³/mol. The van der Waals surface area contributed by atoms with Crippen LogP contribution in [0.1, 0.15) is 0 Å². The van der Waals surface area contributed by atoms with E-state index in [-0.39, 0.29) is 21.4 Å². The molecule has 0 aliphatic rings. The van der Waals surface area contributed by atoms with Crippen molar-refractivity contribution in [2.75, 3.05) is 16.2 Å². The van der Waals surface area contributed by atoms with Crippen LogP contribution in [0.5, 0.6) is 0 Å². The Kier molecular flexibility index (Phi) is 6.11. The largest absolute Gasteiger partial charge is 0.284 e. The Bertz CT molecular complexity index is 1470. The van der Waals surface area contributed by atoms with Crippen LogP contribution < -0.4 is 9.14 Å². The zero-order valence-electron chi connectivity index (χ0n) is 17.2. The molecule has 0 fully saturated rings. The fourth-order valence-electron chi connectivity index (χ4n) is 2.95. The van der Waals surface area contributed by atoms with E-state index in [1.54, 1.807) is 54.6 Å². The third-order valence-electron chi connectivity index (χ3n) is 4.68. The van der Waals surface area contributed by atoms with Gasteiger partial charge in [-0.3, -0.25) is 4.31 Å². The van der Waals surface area contributed by atoms with Crippen LogP contribution in [-0.4, -0.2) is 38.8 Å². The SMILES string of the molecule is CN(c1ccccn1)S(=O)(=O)c1cc(-c2ccc(Cl)cc2)n(NS(=O)(=O)c2ccccc2)n1. The molecule has 0 amide bonds. The van der Waals surface area contributed by atoms with Gasteiger partial charge in [0.15, 0.2) is 0 Å². The van der Waals surface area contributed by atoms with Gasteiger partial charge >= 0.3 is 0 Å². The summed E-state index contributed by atoms with van der Waals surface area (Å²) in [5.41, 5.74) is 0.712. The molecule has 2 heterocycles. The molecule has 12 heteroatoms. The first-order valence-electron chi connectivity index (χ1n) is 9.52. The highest BCUT2D eigenvalue weighted by molar-refractivity contribution is 7.93. The average Bonchev–Trinajstić information content (AvgIpc) is 3.24. The van der Waals surface area contributed by atoms with E-state index >= 15 is 0 Å². The molecule has 0 saturated heterocycles. The maximum absolute atomic E-state index is 13.2. The molecule has 0 aliphatic heterocycles. The third-order valence-corrected chi connectivity index (χ3v) is 7.88. The van der Waals surface area contributed by atoms with Crippen molar-refractivity contribution >= 4 is 37.5 Å². The van der Waals surface area contributed by atoms with Gasteiger partial charge in [0.05, 0.1) is 10.6 Å². The lowest BCUT2D eigenvalue weighted by atomic mass is 10.2. The van der Waals surface area contributed by atoms with Crippen molar-refractivity contribution < 1.29 is 16.8 Å². The Balaban J connectivity index is 1.81. The average molecular weight is 504 g/mol. The van der Waals surface area contributed by atoms with Crippen molar-refractivity contribution in [1.29, 1.82) is 0 Å². The van der Waals surface area contributed by atoms with Crippen LogP contribution in [0.3, 0.4) is 0 Å². The normalized spacial score (nSPS) is 11.8. The van der Waals surface area contributed by atoms with E-state index < -0.39 is 20.0 Å². The number of hydrogen-bond acceptors (Lipinski definition) is 6. The summed E-state index contributed by atoms with van der Waals surface area (Å²) in [6, 6.07) is 20.3. The quantitative estimate of drug-likeness (QED) is 0.413. The van der Waals surface area contributed by atoms with Crippen LogP contribution in [0.25, 0.3) is 11.3 Å². The van der Waals surface area contributed by atoms with Crippen LogP contribution >= 0.6 is 11.6 Å².